The molecule has 1 fully saturated rings. The van der Waals surface area contributed by atoms with Crippen molar-refractivity contribution in [2.24, 2.45) is 4.99 Å². The monoisotopic (exact) mass is 369 g/mol. The maximum atomic E-state index is 13.9. The molecule has 1 atom stereocenters. The van der Waals surface area contributed by atoms with Gasteiger partial charge in [-0.05, 0) is 38.3 Å². The topological polar surface area (TPSA) is 78.9 Å². The number of halogens is 1. The molecule has 1 saturated carbocycles. The Hall–Kier alpha value is -2.90. The second kappa shape index (κ2) is 5.80. The molecule has 140 valence electrons. The second-order valence-electron chi connectivity index (χ2n) is 7.41. The van der Waals surface area contributed by atoms with Crippen LogP contribution in [0.25, 0.3) is 0 Å². The van der Waals surface area contributed by atoms with Gasteiger partial charge in [-0.15, -0.1) is 0 Å². The highest BCUT2D eigenvalue weighted by Crippen LogP contribution is 2.49. The van der Waals surface area contributed by atoms with Crippen LogP contribution in [0.3, 0.4) is 0 Å². The number of rotatable bonds is 0. The van der Waals surface area contributed by atoms with Crippen molar-refractivity contribution >= 4 is 11.7 Å². The Morgan fingerprint density at radius 3 is 3.07 bits per heavy atom. The maximum absolute atomic E-state index is 13.9. The molecule has 7 nitrogen and oxygen atoms in total. The first-order chi connectivity index (χ1) is 13.0. The third kappa shape index (κ3) is 2.75. The third-order valence-electron chi connectivity index (χ3n) is 5.37. The van der Waals surface area contributed by atoms with E-state index in [1.807, 2.05) is 24.1 Å². The number of aliphatic imine (C=N–C) groups is 1. The molecule has 5 rings (SSSR count). The van der Waals surface area contributed by atoms with Crippen LogP contribution < -0.4 is 15.4 Å². The van der Waals surface area contributed by atoms with Crippen molar-refractivity contribution in [2.45, 2.75) is 37.8 Å². The predicted octanol–water partition coefficient (Wildman–Crippen LogP) is 1.54. The Morgan fingerprint density at radius 1 is 1.41 bits per heavy atom. The number of carbonyl (C=O) groups excluding carboxylic acids is 1. The summed E-state index contributed by atoms with van der Waals surface area (Å²) in [6.07, 6.45) is 7.00. The van der Waals surface area contributed by atoms with E-state index >= 15 is 0 Å². The van der Waals surface area contributed by atoms with Gasteiger partial charge >= 0.3 is 0 Å². The van der Waals surface area contributed by atoms with Crippen LogP contribution in [0.4, 0.5) is 4.39 Å². The van der Waals surface area contributed by atoms with Gasteiger partial charge in [-0.1, -0.05) is 0 Å². The van der Waals surface area contributed by atoms with Crippen molar-refractivity contribution < 1.29 is 13.9 Å². The van der Waals surface area contributed by atoms with Crippen molar-refractivity contribution in [3.8, 4) is 5.88 Å². The molecule has 2 N–H and O–H groups in total. The summed E-state index contributed by atoms with van der Waals surface area (Å²) in [5.74, 6) is 1.20. The average Bonchev–Trinajstić information content (AvgIpc) is 3.30. The maximum Gasteiger partial charge on any atom is 0.251 e. The molecule has 1 aliphatic carbocycles. The summed E-state index contributed by atoms with van der Waals surface area (Å²) in [7, 11) is 0. The van der Waals surface area contributed by atoms with Crippen LogP contribution in [0, 0.1) is 5.82 Å². The molecule has 1 aromatic rings. The Kier molecular flexibility index (Phi) is 3.50. The SMILES string of the molecule is C[C@H]1CNC(=O)C2=C3N=C(C=CN3CC2)NC2(CC2)c2cc(F)cnc2O1. The van der Waals surface area contributed by atoms with Gasteiger partial charge in [0.1, 0.15) is 23.6 Å². The van der Waals surface area contributed by atoms with E-state index < -0.39 is 11.4 Å². The van der Waals surface area contributed by atoms with Crippen molar-refractivity contribution in [1.29, 1.82) is 0 Å². The van der Waals surface area contributed by atoms with Gasteiger partial charge in [0, 0.05) is 18.3 Å². The Bertz CT molecular complexity index is 919. The fourth-order valence-corrected chi connectivity index (χ4v) is 3.77. The summed E-state index contributed by atoms with van der Waals surface area (Å²) in [6, 6.07) is 1.48. The van der Waals surface area contributed by atoms with Gasteiger partial charge in [-0.2, -0.15) is 0 Å². The second-order valence-corrected chi connectivity index (χ2v) is 7.41. The van der Waals surface area contributed by atoms with Gasteiger partial charge in [0.05, 0.1) is 23.9 Å². The Labute approximate surface area is 156 Å². The van der Waals surface area contributed by atoms with Crippen molar-refractivity contribution in [3.63, 3.8) is 0 Å². The van der Waals surface area contributed by atoms with Crippen LogP contribution in [-0.2, 0) is 10.3 Å². The Balaban J connectivity index is 1.60. The van der Waals surface area contributed by atoms with E-state index in [0.717, 1.165) is 25.6 Å². The molecule has 0 aromatic carbocycles. The first kappa shape index (κ1) is 16.3. The molecular weight excluding hydrogens is 349 g/mol. The number of amidine groups is 1. The molecule has 3 aliphatic heterocycles. The number of nitrogens with one attached hydrogen (secondary N) is 2. The van der Waals surface area contributed by atoms with Gasteiger partial charge in [0.2, 0.25) is 5.88 Å². The van der Waals surface area contributed by atoms with Crippen LogP contribution in [0.5, 0.6) is 5.88 Å². The minimum Gasteiger partial charge on any atom is -0.473 e. The van der Waals surface area contributed by atoms with Gasteiger partial charge in [0.15, 0.2) is 0 Å². The first-order valence-corrected chi connectivity index (χ1v) is 9.20. The summed E-state index contributed by atoms with van der Waals surface area (Å²) < 4.78 is 19.9. The van der Waals surface area contributed by atoms with Gasteiger partial charge in [-0.3, -0.25) is 4.79 Å². The van der Waals surface area contributed by atoms with E-state index in [1.165, 1.54) is 6.07 Å². The smallest absolute Gasteiger partial charge is 0.251 e. The lowest BCUT2D eigenvalue weighted by Crippen LogP contribution is -2.37. The summed E-state index contributed by atoms with van der Waals surface area (Å²) >= 11 is 0. The lowest BCUT2D eigenvalue weighted by Gasteiger charge is -2.25. The number of fused-ring (bicyclic) bond motifs is 2. The first-order valence-electron chi connectivity index (χ1n) is 9.20. The summed E-state index contributed by atoms with van der Waals surface area (Å²) in [6.45, 7) is 2.93. The van der Waals surface area contributed by atoms with Crippen LogP contribution in [0.1, 0.15) is 31.7 Å². The van der Waals surface area contributed by atoms with E-state index in [4.69, 9.17) is 4.74 Å². The van der Waals surface area contributed by atoms with E-state index in [-0.39, 0.29) is 12.0 Å². The normalized spacial score (nSPS) is 25.4. The molecule has 27 heavy (non-hydrogen) atoms. The molecule has 0 radical (unpaired) electrons. The van der Waals surface area contributed by atoms with Gasteiger partial charge < -0.3 is 20.3 Å². The number of carbonyl (C=O) groups is 1. The quantitative estimate of drug-likeness (QED) is 0.725. The van der Waals surface area contributed by atoms with Gasteiger partial charge in [0.25, 0.3) is 5.91 Å². The molecule has 0 unspecified atom stereocenters. The number of nitrogens with zero attached hydrogens (tertiary/aromatic N) is 3. The van der Waals surface area contributed by atoms with Gasteiger partial charge in [-0.25, -0.2) is 14.4 Å². The number of amides is 1. The summed E-state index contributed by atoms with van der Waals surface area (Å²) in [5.41, 5.74) is 0.927. The fourth-order valence-electron chi connectivity index (χ4n) is 3.77. The average molecular weight is 369 g/mol. The number of ether oxygens (including phenoxy) is 1. The lowest BCUT2D eigenvalue weighted by molar-refractivity contribution is -0.117. The molecule has 1 spiro atoms. The van der Waals surface area contributed by atoms with Crippen LogP contribution in [0.2, 0.25) is 0 Å². The van der Waals surface area contributed by atoms with E-state index in [9.17, 15) is 9.18 Å². The number of hydrogen-bond donors (Lipinski definition) is 2. The third-order valence-corrected chi connectivity index (χ3v) is 5.37. The zero-order chi connectivity index (χ0) is 18.6. The Morgan fingerprint density at radius 2 is 2.26 bits per heavy atom. The highest BCUT2D eigenvalue weighted by atomic mass is 19.1. The van der Waals surface area contributed by atoms with E-state index in [0.29, 0.717) is 41.6 Å². The molecule has 1 aromatic heterocycles. The van der Waals surface area contributed by atoms with Crippen molar-refractivity contribution in [3.05, 3.63) is 47.3 Å². The standard InChI is InChI=1S/C19H20FN5O2/c1-11-9-21-17(26)13-2-6-25-7-3-15(23-16(13)25)24-19(4-5-19)14-8-12(20)10-22-18(14)27-11/h3,7-8,10-11H,2,4-6,9H2,1H3,(H,21,26)(H,23,24)/t11-/m0/s1. The predicted molar refractivity (Wildman–Crippen MR) is 96.3 cm³/mol. The van der Waals surface area contributed by atoms with Crippen LogP contribution in [-0.4, -0.2) is 40.8 Å². The number of pyridine rings is 1. The highest BCUT2D eigenvalue weighted by Gasteiger charge is 2.48. The zero-order valence-electron chi connectivity index (χ0n) is 15.0. The van der Waals surface area contributed by atoms with E-state index in [2.05, 4.69) is 20.6 Å². The van der Waals surface area contributed by atoms with Crippen molar-refractivity contribution in [2.75, 3.05) is 13.1 Å². The molecule has 0 saturated heterocycles. The lowest BCUT2D eigenvalue weighted by atomic mass is 10.1. The molecule has 4 heterocycles. The molecule has 1 amide bonds. The highest BCUT2D eigenvalue weighted by molar-refractivity contribution is 5.99. The number of aromatic nitrogens is 1. The van der Waals surface area contributed by atoms with E-state index in [1.54, 1.807) is 0 Å². The molecule has 8 heteroatoms. The van der Waals surface area contributed by atoms with Crippen LogP contribution in [0.15, 0.2) is 40.9 Å². The summed E-state index contributed by atoms with van der Waals surface area (Å²) in [4.78, 5) is 23.4. The molecular formula is C19H20FN5O2. The molecule has 4 aliphatic rings. The zero-order valence-corrected chi connectivity index (χ0v) is 15.0. The summed E-state index contributed by atoms with van der Waals surface area (Å²) in [5, 5.41) is 6.36. The minimum absolute atomic E-state index is 0.131. The number of hydrogen-bond acceptors (Lipinski definition) is 6. The van der Waals surface area contributed by atoms with Crippen molar-refractivity contribution in [1.82, 2.24) is 20.5 Å². The van der Waals surface area contributed by atoms with Crippen LogP contribution >= 0.6 is 0 Å². The minimum atomic E-state index is -0.444. The molecule has 2 bridgehead atoms. The fraction of sp³-hybridized carbons (Fsp3) is 0.421. The largest absolute Gasteiger partial charge is 0.473 e.